The Morgan fingerprint density at radius 2 is 0.744 bits per heavy atom. The summed E-state index contributed by atoms with van der Waals surface area (Å²) in [6, 6.07) is 70.4. The fourth-order valence-corrected chi connectivity index (χ4v) is 9.92. The van der Waals surface area contributed by atoms with E-state index in [1.165, 1.54) is 0 Å². The second-order valence-electron chi connectivity index (χ2n) is 19.7. The molecule has 7 aromatic carbocycles. The third-order valence-corrected chi connectivity index (χ3v) is 14.0. The normalized spacial score (nSPS) is 25.1. The van der Waals surface area contributed by atoms with Crippen LogP contribution in [0.3, 0.4) is 0 Å². The molecule has 0 N–H and O–H groups in total. The van der Waals surface area contributed by atoms with Crippen molar-refractivity contribution in [2.75, 3.05) is 46.1 Å². The van der Waals surface area contributed by atoms with Gasteiger partial charge in [-0.25, -0.2) is 0 Å². The summed E-state index contributed by atoms with van der Waals surface area (Å²) < 4.78 is 77.9. The van der Waals surface area contributed by atoms with E-state index in [9.17, 15) is 0 Å². The van der Waals surface area contributed by atoms with Gasteiger partial charge in [0.05, 0.1) is 72.7 Å². The van der Waals surface area contributed by atoms with Gasteiger partial charge in [0.25, 0.3) is 0 Å². The fourth-order valence-electron chi connectivity index (χ4n) is 9.92. The van der Waals surface area contributed by atoms with E-state index in [-0.39, 0.29) is 59.5 Å². The van der Waals surface area contributed by atoms with Crippen molar-refractivity contribution in [3.63, 3.8) is 0 Å². The number of hydrogen-bond acceptors (Lipinski definition) is 13. The molecule has 78 heavy (non-hydrogen) atoms. The van der Waals surface area contributed by atoms with Crippen molar-refractivity contribution >= 4 is 0 Å². The summed E-state index contributed by atoms with van der Waals surface area (Å²) in [4.78, 5) is 6.46. The lowest BCUT2D eigenvalue weighted by atomic mass is 9.97. The fraction of sp³-hybridized carbons (Fsp3) is 0.354. The maximum absolute atomic E-state index is 7.63. The SMILES string of the molecule is c1ccc(COC[C@@]23O[C@H]4O[C@H](COCCN(OCc5ccccc5)CCOC[C@@H](O2)[C@H](OCc2ccccc2)[C@@H]3OCc2ccccc2)[C@H](OCc2ccccc2)[C@H](OCc2ccccc2)[C@H]4OCc2ccccc2)cc1. The molecule has 3 aliphatic heterocycles. The van der Waals surface area contributed by atoms with E-state index in [1.807, 2.05) is 217 Å². The largest absolute Gasteiger partial charge is 0.377 e. The quantitative estimate of drug-likeness (QED) is 0.0642. The summed E-state index contributed by atoms with van der Waals surface area (Å²) in [6.07, 6.45) is -6.75. The van der Waals surface area contributed by atoms with Crippen molar-refractivity contribution in [3.05, 3.63) is 251 Å². The number of fused-ring (bicyclic) bond motifs is 4. The first-order valence-corrected chi connectivity index (χ1v) is 27.1. The highest BCUT2D eigenvalue weighted by Crippen LogP contribution is 2.42. The predicted molar refractivity (Wildman–Crippen MR) is 293 cm³/mol. The Kier molecular flexibility index (Phi) is 20.8. The number of hydroxylamine groups is 2. The highest BCUT2D eigenvalue weighted by molar-refractivity contribution is 5.19. The lowest BCUT2D eigenvalue weighted by molar-refractivity contribution is -0.398. The van der Waals surface area contributed by atoms with Crippen molar-refractivity contribution < 1.29 is 56.9 Å². The molecule has 0 unspecified atom stereocenters. The molecule has 10 rings (SSSR count). The molecule has 0 aromatic heterocycles. The maximum atomic E-state index is 7.63. The summed E-state index contributed by atoms with van der Waals surface area (Å²) in [5, 5.41) is 1.89. The van der Waals surface area contributed by atoms with Crippen LogP contribution in [0.15, 0.2) is 212 Å². The van der Waals surface area contributed by atoms with Crippen LogP contribution in [0.2, 0.25) is 0 Å². The average molecular weight is 1060 g/mol. The molecule has 0 saturated carbocycles. The van der Waals surface area contributed by atoms with Crippen LogP contribution in [-0.4, -0.2) is 106 Å². The summed E-state index contributed by atoms with van der Waals surface area (Å²) in [5.41, 5.74) is 6.87. The second-order valence-corrected chi connectivity index (χ2v) is 19.7. The molecule has 0 spiro atoms. The number of ether oxygens (including phenoxy) is 11. The summed E-state index contributed by atoms with van der Waals surface area (Å²) in [6.45, 7) is 3.45. The van der Waals surface area contributed by atoms with E-state index in [2.05, 4.69) is 0 Å². The zero-order valence-corrected chi connectivity index (χ0v) is 44.1. The lowest BCUT2D eigenvalue weighted by Gasteiger charge is -2.48. The molecule has 0 radical (unpaired) electrons. The first kappa shape index (κ1) is 55.3. The summed E-state index contributed by atoms with van der Waals surface area (Å²) in [5.74, 6) is -1.70. The molecule has 13 heteroatoms. The zero-order chi connectivity index (χ0) is 52.9. The molecule has 3 saturated heterocycles. The van der Waals surface area contributed by atoms with Gasteiger partial charge in [0.2, 0.25) is 5.79 Å². The number of hydrogen-bond donors (Lipinski definition) is 0. The van der Waals surface area contributed by atoms with Crippen molar-refractivity contribution in [3.8, 4) is 0 Å². The van der Waals surface area contributed by atoms with Crippen LogP contribution >= 0.6 is 0 Å². The topological polar surface area (TPSA) is 114 Å². The Morgan fingerprint density at radius 3 is 1.21 bits per heavy atom. The average Bonchev–Trinajstić information content (AvgIpc) is 3.96. The van der Waals surface area contributed by atoms with Crippen LogP contribution in [-0.2, 0) is 103 Å². The Labute approximate surface area is 458 Å². The van der Waals surface area contributed by atoms with E-state index < -0.39 is 54.8 Å². The van der Waals surface area contributed by atoms with Crippen molar-refractivity contribution in [1.82, 2.24) is 5.06 Å². The smallest absolute Gasteiger partial charge is 0.224 e. The molecule has 0 amide bonds. The van der Waals surface area contributed by atoms with Gasteiger partial charge in [0.15, 0.2) is 6.29 Å². The minimum atomic E-state index is -1.70. The van der Waals surface area contributed by atoms with Gasteiger partial charge in [-0.05, 0) is 38.9 Å². The van der Waals surface area contributed by atoms with Gasteiger partial charge in [-0.15, -0.1) is 0 Å². The molecule has 3 fully saturated rings. The number of benzene rings is 7. The zero-order valence-electron chi connectivity index (χ0n) is 44.1. The van der Waals surface area contributed by atoms with E-state index >= 15 is 0 Å². The molecule has 7 aromatic rings. The Balaban J connectivity index is 1.07. The highest BCUT2D eigenvalue weighted by Gasteiger charge is 2.62. The summed E-state index contributed by atoms with van der Waals surface area (Å²) >= 11 is 0. The van der Waals surface area contributed by atoms with Crippen LogP contribution in [0, 0.1) is 0 Å². The molecular weight excluding hydrogens is 987 g/mol. The third-order valence-electron chi connectivity index (χ3n) is 14.0. The van der Waals surface area contributed by atoms with Crippen LogP contribution in [0.5, 0.6) is 0 Å². The van der Waals surface area contributed by atoms with E-state index in [1.54, 1.807) is 0 Å². The van der Waals surface area contributed by atoms with Gasteiger partial charge in [-0.3, -0.25) is 4.84 Å². The number of rotatable bonds is 22. The minimum absolute atomic E-state index is 0.0972. The maximum Gasteiger partial charge on any atom is 0.224 e. The van der Waals surface area contributed by atoms with E-state index in [0.717, 1.165) is 38.9 Å². The van der Waals surface area contributed by atoms with Gasteiger partial charge < -0.3 is 52.1 Å². The second kappa shape index (κ2) is 29.3. The van der Waals surface area contributed by atoms with Crippen LogP contribution in [0.25, 0.3) is 0 Å². The molecule has 4 bridgehead atoms. The molecule has 3 heterocycles. The van der Waals surface area contributed by atoms with Gasteiger partial charge in [0.1, 0.15) is 49.3 Å². The van der Waals surface area contributed by atoms with Crippen LogP contribution < -0.4 is 0 Å². The predicted octanol–water partition coefficient (Wildman–Crippen LogP) is 10.4. The van der Waals surface area contributed by atoms with Crippen molar-refractivity contribution in [2.24, 2.45) is 0 Å². The lowest BCUT2D eigenvalue weighted by Crippen LogP contribution is -2.65. The van der Waals surface area contributed by atoms with Crippen LogP contribution in [0.4, 0.5) is 0 Å². The molecule has 3 aliphatic rings. The van der Waals surface area contributed by atoms with Gasteiger partial charge in [-0.2, -0.15) is 5.06 Å². The standard InChI is InChI=1S/C65H71NO12/c1-8-22-50(23-9-1)40-69-49-65-63(74-45-55-32-18-6-19-33-55)60(71-42-52-26-12-3-13-27-52)58(77-65)48-68-39-37-66(75-46-56-34-20-7-21-35-56)36-38-67-47-57-59(70-41-51-24-10-2-11-25-51)61(72-43-53-28-14-4-15-29-53)62(64(76-57)78-65)73-44-54-30-16-5-17-31-54/h1-35,57-64H,36-49H2/t57-,58-,59+,60+,61+,62-,63+,64-,65+/m1/s1. The highest BCUT2D eigenvalue weighted by atomic mass is 16.8. The molecule has 0 aliphatic carbocycles. The van der Waals surface area contributed by atoms with Crippen LogP contribution in [0.1, 0.15) is 38.9 Å². The molecule has 9 atom stereocenters. The molecule has 408 valence electrons. The molecular formula is C65H71NO12. The Morgan fingerprint density at radius 1 is 0.372 bits per heavy atom. The van der Waals surface area contributed by atoms with Crippen molar-refractivity contribution in [1.29, 1.82) is 0 Å². The Hall–Kier alpha value is -5.98. The Bertz CT molecular complexity index is 2730. The van der Waals surface area contributed by atoms with Gasteiger partial charge in [-0.1, -0.05) is 212 Å². The minimum Gasteiger partial charge on any atom is -0.377 e. The van der Waals surface area contributed by atoms with Gasteiger partial charge in [0, 0.05) is 13.1 Å². The first-order chi connectivity index (χ1) is 38.6. The van der Waals surface area contributed by atoms with Gasteiger partial charge >= 0.3 is 0 Å². The first-order valence-electron chi connectivity index (χ1n) is 27.1. The van der Waals surface area contributed by atoms with E-state index in [0.29, 0.717) is 32.9 Å². The summed E-state index contributed by atoms with van der Waals surface area (Å²) in [7, 11) is 0. The third kappa shape index (κ3) is 15.9. The van der Waals surface area contributed by atoms with E-state index in [4.69, 9.17) is 56.9 Å². The number of nitrogens with zero attached hydrogens (tertiary/aromatic N) is 1. The van der Waals surface area contributed by atoms with Crippen molar-refractivity contribution in [2.45, 2.75) is 101 Å². The molecule has 13 nitrogen and oxygen atoms in total. The monoisotopic (exact) mass is 1060 g/mol.